The first kappa shape index (κ1) is 20.5. The van der Waals surface area contributed by atoms with Gasteiger partial charge in [0.25, 0.3) is 5.91 Å². The molecule has 1 heterocycles. The van der Waals surface area contributed by atoms with Crippen LogP contribution in [0.5, 0.6) is 17.2 Å². The van der Waals surface area contributed by atoms with Crippen LogP contribution in [-0.4, -0.2) is 44.2 Å². The first-order valence-corrected chi connectivity index (χ1v) is 9.77. The summed E-state index contributed by atoms with van der Waals surface area (Å²) in [5.41, 5.74) is 0.792. The van der Waals surface area contributed by atoms with Crippen LogP contribution in [0.15, 0.2) is 48.5 Å². The number of nitrogens with one attached hydrogen (secondary N) is 1. The van der Waals surface area contributed by atoms with E-state index in [9.17, 15) is 9.59 Å². The average molecular weight is 398 g/mol. The van der Waals surface area contributed by atoms with Crippen molar-refractivity contribution in [3.63, 3.8) is 0 Å². The normalized spacial score (nSPS) is 15.9. The Balaban J connectivity index is 1.48. The standard InChI is InChI=1S/C22H26N2O5/c1-3-27-18-7-5-17(6-8-18)24-14-16(13-22(24)26)23-21(25)15-29-20-11-9-19(10-12-20)28-4-2/h5-12,16H,3-4,13-15H2,1-2H3,(H,23,25)/t16-/m0/s1. The summed E-state index contributed by atoms with van der Waals surface area (Å²) in [7, 11) is 0. The van der Waals surface area contributed by atoms with E-state index < -0.39 is 0 Å². The van der Waals surface area contributed by atoms with Crippen LogP contribution >= 0.6 is 0 Å². The fourth-order valence-electron chi connectivity index (χ4n) is 3.16. The summed E-state index contributed by atoms with van der Waals surface area (Å²) >= 11 is 0. The van der Waals surface area contributed by atoms with Gasteiger partial charge < -0.3 is 24.4 Å². The Hall–Kier alpha value is -3.22. The molecule has 29 heavy (non-hydrogen) atoms. The minimum atomic E-state index is -0.259. The molecule has 0 spiro atoms. The predicted molar refractivity (Wildman–Crippen MR) is 110 cm³/mol. The van der Waals surface area contributed by atoms with E-state index in [1.165, 1.54) is 0 Å². The fraction of sp³-hybridized carbons (Fsp3) is 0.364. The van der Waals surface area contributed by atoms with Gasteiger partial charge in [-0.15, -0.1) is 0 Å². The van der Waals surface area contributed by atoms with Crippen molar-refractivity contribution in [1.29, 1.82) is 0 Å². The molecule has 1 saturated heterocycles. The van der Waals surface area contributed by atoms with Gasteiger partial charge in [0.05, 0.1) is 19.3 Å². The zero-order chi connectivity index (χ0) is 20.6. The molecule has 2 aromatic carbocycles. The Bertz CT molecular complexity index is 820. The molecule has 1 atom stereocenters. The number of rotatable bonds is 9. The van der Waals surface area contributed by atoms with Crippen molar-refractivity contribution in [2.24, 2.45) is 0 Å². The van der Waals surface area contributed by atoms with Crippen LogP contribution in [0.3, 0.4) is 0 Å². The quantitative estimate of drug-likeness (QED) is 0.703. The van der Waals surface area contributed by atoms with Gasteiger partial charge in [-0.1, -0.05) is 0 Å². The molecule has 2 aromatic rings. The highest BCUT2D eigenvalue weighted by atomic mass is 16.5. The third kappa shape index (κ3) is 5.63. The van der Waals surface area contributed by atoms with Crippen LogP contribution in [0.25, 0.3) is 0 Å². The lowest BCUT2D eigenvalue weighted by molar-refractivity contribution is -0.123. The highest BCUT2D eigenvalue weighted by Crippen LogP contribution is 2.24. The highest BCUT2D eigenvalue weighted by Gasteiger charge is 2.31. The van der Waals surface area contributed by atoms with Crippen LogP contribution < -0.4 is 24.4 Å². The van der Waals surface area contributed by atoms with Gasteiger partial charge in [-0.3, -0.25) is 9.59 Å². The summed E-state index contributed by atoms with van der Waals surface area (Å²) in [5, 5.41) is 2.87. The highest BCUT2D eigenvalue weighted by molar-refractivity contribution is 5.97. The molecule has 0 saturated carbocycles. The Kier molecular flexibility index (Phi) is 6.94. The van der Waals surface area contributed by atoms with Crippen molar-refractivity contribution in [3.05, 3.63) is 48.5 Å². The Morgan fingerprint density at radius 2 is 1.45 bits per heavy atom. The monoisotopic (exact) mass is 398 g/mol. The minimum Gasteiger partial charge on any atom is -0.494 e. The van der Waals surface area contributed by atoms with Crippen molar-refractivity contribution in [3.8, 4) is 17.2 Å². The molecule has 2 amide bonds. The lowest BCUT2D eigenvalue weighted by atomic mass is 10.2. The molecule has 7 nitrogen and oxygen atoms in total. The summed E-state index contributed by atoms with van der Waals surface area (Å²) in [5.74, 6) is 1.82. The summed E-state index contributed by atoms with van der Waals surface area (Å²) in [6.45, 7) is 5.35. The molecule has 1 aliphatic rings. The smallest absolute Gasteiger partial charge is 0.258 e. The van der Waals surface area contributed by atoms with Crippen molar-refractivity contribution >= 4 is 17.5 Å². The third-order valence-electron chi connectivity index (χ3n) is 4.45. The largest absolute Gasteiger partial charge is 0.494 e. The van der Waals surface area contributed by atoms with Gasteiger partial charge in [-0.2, -0.15) is 0 Å². The van der Waals surface area contributed by atoms with Crippen LogP contribution in [-0.2, 0) is 9.59 Å². The maximum Gasteiger partial charge on any atom is 0.258 e. The van der Waals surface area contributed by atoms with Gasteiger partial charge in [0.15, 0.2) is 6.61 Å². The molecule has 1 N–H and O–H groups in total. The van der Waals surface area contributed by atoms with Crippen molar-refractivity contribution < 1.29 is 23.8 Å². The SMILES string of the molecule is CCOc1ccc(OCC(=O)N[C@H]2CC(=O)N(c3ccc(OCC)cc3)C2)cc1. The number of carbonyl (C=O) groups excluding carboxylic acids is 2. The van der Waals surface area contributed by atoms with Gasteiger partial charge in [0.1, 0.15) is 17.2 Å². The number of anilines is 1. The van der Waals surface area contributed by atoms with E-state index in [1.807, 2.05) is 38.1 Å². The lowest BCUT2D eigenvalue weighted by Crippen LogP contribution is -2.39. The second kappa shape index (κ2) is 9.82. The number of ether oxygens (including phenoxy) is 3. The molecule has 0 radical (unpaired) electrons. The predicted octanol–water partition coefficient (Wildman–Crippen LogP) is 2.78. The molecule has 0 bridgehead atoms. The van der Waals surface area contributed by atoms with Crippen molar-refractivity contribution in [1.82, 2.24) is 5.32 Å². The lowest BCUT2D eigenvalue weighted by Gasteiger charge is -2.18. The van der Waals surface area contributed by atoms with E-state index in [-0.39, 0.29) is 30.9 Å². The van der Waals surface area contributed by atoms with E-state index >= 15 is 0 Å². The molecule has 1 aliphatic heterocycles. The Labute approximate surface area is 170 Å². The third-order valence-corrected chi connectivity index (χ3v) is 4.45. The molecule has 154 valence electrons. The second-order valence-corrected chi connectivity index (χ2v) is 6.59. The number of carbonyl (C=O) groups is 2. The van der Waals surface area contributed by atoms with E-state index in [4.69, 9.17) is 14.2 Å². The molecular formula is C22H26N2O5. The molecule has 0 aliphatic carbocycles. The molecule has 1 fully saturated rings. The first-order chi connectivity index (χ1) is 14.1. The van der Waals surface area contributed by atoms with Gasteiger partial charge in [0, 0.05) is 18.7 Å². The molecule has 7 heteroatoms. The van der Waals surface area contributed by atoms with E-state index in [0.29, 0.717) is 25.5 Å². The number of hydrogen-bond acceptors (Lipinski definition) is 5. The Morgan fingerprint density at radius 1 is 0.931 bits per heavy atom. The van der Waals surface area contributed by atoms with Crippen LogP contribution in [0.1, 0.15) is 20.3 Å². The van der Waals surface area contributed by atoms with E-state index in [1.54, 1.807) is 29.2 Å². The topological polar surface area (TPSA) is 77.1 Å². The van der Waals surface area contributed by atoms with Crippen molar-refractivity contribution in [2.75, 3.05) is 31.3 Å². The van der Waals surface area contributed by atoms with Gasteiger partial charge in [-0.05, 0) is 62.4 Å². The molecular weight excluding hydrogens is 372 g/mol. The number of nitrogens with zero attached hydrogens (tertiary/aromatic N) is 1. The maximum atomic E-state index is 12.3. The number of hydrogen-bond donors (Lipinski definition) is 1. The fourth-order valence-corrected chi connectivity index (χ4v) is 3.16. The number of benzene rings is 2. The summed E-state index contributed by atoms with van der Waals surface area (Å²) in [4.78, 5) is 26.2. The van der Waals surface area contributed by atoms with Gasteiger partial charge >= 0.3 is 0 Å². The zero-order valence-electron chi connectivity index (χ0n) is 16.7. The maximum absolute atomic E-state index is 12.3. The minimum absolute atomic E-state index is 0.0214. The van der Waals surface area contributed by atoms with Gasteiger partial charge in [0.2, 0.25) is 5.91 Å². The van der Waals surface area contributed by atoms with Crippen LogP contribution in [0.2, 0.25) is 0 Å². The summed E-state index contributed by atoms with van der Waals surface area (Å²) < 4.78 is 16.3. The molecule has 0 aromatic heterocycles. The van der Waals surface area contributed by atoms with Crippen LogP contribution in [0, 0.1) is 0 Å². The second-order valence-electron chi connectivity index (χ2n) is 6.59. The summed E-state index contributed by atoms with van der Waals surface area (Å²) in [6, 6.07) is 14.2. The first-order valence-electron chi connectivity index (χ1n) is 9.77. The molecule has 3 rings (SSSR count). The summed E-state index contributed by atoms with van der Waals surface area (Å²) in [6.07, 6.45) is 0.266. The zero-order valence-corrected chi connectivity index (χ0v) is 16.7. The number of amides is 2. The van der Waals surface area contributed by atoms with E-state index in [0.717, 1.165) is 17.2 Å². The van der Waals surface area contributed by atoms with Crippen molar-refractivity contribution in [2.45, 2.75) is 26.3 Å². The molecule has 0 unspecified atom stereocenters. The van der Waals surface area contributed by atoms with Gasteiger partial charge in [-0.25, -0.2) is 0 Å². The average Bonchev–Trinajstić information content (AvgIpc) is 3.08. The van der Waals surface area contributed by atoms with Crippen LogP contribution in [0.4, 0.5) is 5.69 Å². The van der Waals surface area contributed by atoms with E-state index in [2.05, 4.69) is 5.32 Å². The Morgan fingerprint density at radius 3 is 2.00 bits per heavy atom.